The minimum atomic E-state index is 1.05. The van der Waals surface area contributed by atoms with Gasteiger partial charge in [0.2, 0.25) is 0 Å². The molecule has 1 heterocycles. The number of nitrogens with zero attached hydrogens (tertiary/aromatic N) is 2. The molecule has 0 N–H and O–H groups in total. The Morgan fingerprint density at radius 3 is 2.00 bits per heavy atom. The van der Waals surface area contributed by atoms with Gasteiger partial charge in [-0.15, -0.1) is 0 Å². The first kappa shape index (κ1) is 28.6. The Balaban J connectivity index is 1.33. The molecular formula is C48H34N2. The maximum Gasteiger partial charge on any atom is 0.0562 e. The smallest absolute Gasteiger partial charge is 0.0562 e. The summed E-state index contributed by atoms with van der Waals surface area (Å²) < 4.78 is 2.45. The zero-order chi connectivity index (χ0) is 33.0. The average molecular weight is 639 g/mol. The molecule has 0 saturated heterocycles. The summed E-state index contributed by atoms with van der Waals surface area (Å²) in [5, 5.41) is 10.0. The van der Waals surface area contributed by atoms with E-state index in [0.29, 0.717) is 0 Å². The van der Waals surface area contributed by atoms with Gasteiger partial charge < -0.3 is 9.47 Å². The summed E-state index contributed by atoms with van der Waals surface area (Å²) in [4.78, 5) is 2.51. The molecule has 0 fully saturated rings. The quantitative estimate of drug-likeness (QED) is 0.170. The van der Waals surface area contributed by atoms with Gasteiger partial charge in [0, 0.05) is 27.5 Å². The molecule has 1 aliphatic carbocycles. The number of anilines is 3. The van der Waals surface area contributed by atoms with E-state index >= 15 is 0 Å². The lowest BCUT2D eigenvalue weighted by atomic mass is 9.94. The lowest BCUT2D eigenvalue weighted by Gasteiger charge is -2.29. The van der Waals surface area contributed by atoms with E-state index in [4.69, 9.17) is 0 Å². The van der Waals surface area contributed by atoms with Crippen LogP contribution in [0.2, 0.25) is 0 Å². The van der Waals surface area contributed by atoms with Crippen molar-refractivity contribution < 1.29 is 0 Å². The van der Waals surface area contributed by atoms with Crippen molar-refractivity contribution in [3.8, 4) is 11.1 Å². The number of hydrogen-bond acceptors (Lipinski definition) is 1. The molecule has 0 radical (unpaired) electrons. The molecule has 0 atom stereocenters. The first-order chi connectivity index (χ1) is 24.8. The van der Waals surface area contributed by atoms with Crippen molar-refractivity contribution in [2.45, 2.75) is 12.8 Å². The minimum Gasteiger partial charge on any atom is -0.310 e. The van der Waals surface area contributed by atoms with Crippen LogP contribution in [0.4, 0.5) is 17.1 Å². The Kier molecular flexibility index (Phi) is 6.67. The third-order valence-corrected chi connectivity index (χ3v) is 10.3. The maximum absolute atomic E-state index is 2.51. The minimum absolute atomic E-state index is 1.05. The molecule has 9 aromatic rings. The summed E-state index contributed by atoms with van der Waals surface area (Å²) in [6, 6.07) is 60.1. The van der Waals surface area contributed by atoms with Gasteiger partial charge in [0.15, 0.2) is 0 Å². The predicted octanol–water partition coefficient (Wildman–Crippen LogP) is 13.6. The van der Waals surface area contributed by atoms with Gasteiger partial charge in [-0.05, 0) is 93.4 Å². The fourth-order valence-electron chi connectivity index (χ4n) is 8.14. The van der Waals surface area contributed by atoms with Crippen LogP contribution in [0.5, 0.6) is 0 Å². The summed E-state index contributed by atoms with van der Waals surface area (Å²) in [7, 11) is 0. The normalized spacial score (nSPS) is 13.1. The summed E-state index contributed by atoms with van der Waals surface area (Å²) in [6.07, 6.45) is 9.09. The highest BCUT2D eigenvalue weighted by atomic mass is 15.1. The summed E-state index contributed by atoms with van der Waals surface area (Å²) in [5.41, 5.74) is 9.51. The molecule has 236 valence electrons. The Hall–Kier alpha value is -6.38. The Morgan fingerprint density at radius 1 is 0.440 bits per heavy atom. The van der Waals surface area contributed by atoms with Crippen molar-refractivity contribution >= 4 is 76.9 Å². The molecule has 0 unspecified atom stereocenters. The number of aromatic nitrogens is 1. The molecule has 0 amide bonds. The van der Waals surface area contributed by atoms with Crippen LogP contribution in [0.1, 0.15) is 12.8 Å². The van der Waals surface area contributed by atoms with Crippen molar-refractivity contribution in [2.24, 2.45) is 0 Å². The topological polar surface area (TPSA) is 8.17 Å². The molecule has 0 bridgehead atoms. The number of benzene rings is 8. The van der Waals surface area contributed by atoms with Gasteiger partial charge in [-0.1, -0.05) is 140 Å². The van der Waals surface area contributed by atoms with Gasteiger partial charge >= 0.3 is 0 Å². The molecule has 0 saturated carbocycles. The zero-order valence-corrected chi connectivity index (χ0v) is 27.6. The SMILES string of the molecule is C1=CC(n2c3ccccc3c3c(N(c4cccc(-c5ccccc5)c4)c4cc5ccc6ccccc6c5c5ccccc45)cccc32)=CCC1. The van der Waals surface area contributed by atoms with Crippen molar-refractivity contribution in [3.63, 3.8) is 0 Å². The zero-order valence-electron chi connectivity index (χ0n) is 27.6. The van der Waals surface area contributed by atoms with E-state index in [1.54, 1.807) is 0 Å². The molecule has 1 aliphatic rings. The highest BCUT2D eigenvalue weighted by molar-refractivity contribution is 6.25. The van der Waals surface area contributed by atoms with Crippen molar-refractivity contribution in [2.75, 3.05) is 4.90 Å². The molecular weight excluding hydrogens is 605 g/mol. The average Bonchev–Trinajstić information content (AvgIpc) is 3.54. The largest absolute Gasteiger partial charge is 0.310 e. The fourth-order valence-corrected chi connectivity index (χ4v) is 8.14. The molecule has 8 aromatic carbocycles. The Bertz CT molecular complexity index is 2820. The number of hydrogen-bond donors (Lipinski definition) is 0. The van der Waals surface area contributed by atoms with E-state index in [9.17, 15) is 0 Å². The van der Waals surface area contributed by atoms with Crippen molar-refractivity contribution in [3.05, 3.63) is 182 Å². The van der Waals surface area contributed by atoms with Crippen LogP contribution in [0.15, 0.2) is 182 Å². The second kappa shape index (κ2) is 11.6. The van der Waals surface area contributed by atoms with E-state index in [-0.39, 0.29) is 0 Å². The van der Waals surface area contributed by atoms with Crippen LogP contribution in [-0.4, -0.2) is 4.57 Å². The third kappa shape index (κ3) is 4.49. The van der Waals surface area contributed by atoms with Crippen molar-refractivity contribution in [1.29, 1.82) is 0 Å². The summed E-state index contributed by atoms with van der Waals surface area (Å²) in [6.45, 7) is 0. The van der Waals surface area contributed by atoms with E-state index in [1.165, 1.54) is 70.9 Å². The van der Waals surface area contributed by atoms with Crippen LogP contribution in [0.25, 0.3) is 70.9 Å². The van der Waals surface area contributed by atoms with Gasteiger partial charge in [-0.25, -0.2) is 0 Å². The Morgan fingerprint density at radius 2 is 1.14 bits per heavy atom. The predicted molar refractivity (Wildman–Crippen MR) is 215 cm³/mol. The second-order valence-corrected chi connectivity index (χ2v) is 13.2. The van der Waals surface area contributed by atoms with E-state index in [1.807, 2.05) is 0 Å². The van der Waals surface area contributed by atoms with Gasteiger partial charge in [-0.2, -0.15) is 0 Å². The third-order valence-electron chi connectivity index (χ3n) is 10.3. The molecule has 0 spiro atoms. The number of fused-ring (bicyclic) bond motifs is 8. The standard InChI is InChI=1S/C48H34N2/c1-3-15-33(16-4-1)35-18-13-21-38(31-35)50(46-32-36-30-29-34-17-7-8-22-39(34)47(36)41-24-10-9-23-40(41)46)45-28-14-27-44-48(45)42-25-11-12-26-43(42)49(44)37-19-5-2-6-20-37/h1,3-5,7-32H,2,6H2. The van der Waals surface area contributed by atoms with Crippen LogP contribution in [-0.2, 0) is 0 Å². The molecule has 10 rings (SSSR count). The molecule has 0 aliphatic heterocycles. The number of para-hydroxylation sites is 1. The van der Waals surface area contributed by atoms with Crippen LogP contribution >= 0.6 is 0 Å². The first-order valence-corrected chi connectivity index (χ1v) is 17.5. The van der Waals surface area contributed by atoms with Gasteiger partial charge in [0.1, 0.15) is 0 Å². The van der Waals surface area contributed by atoms with Gasteiger partial charge in [0.25, 0.3) is 0 Å². The monoisotopic (exact) mass is 638 g/mol. The first-order valence-electron chi connectivity index (χ1n) is 17.5. The lowest BCUT2D eigenvalue weighted by Crippen LogP contribution is -2.11. The summed E-state index contributed by atoms with van der Waals surface area (Å²) >= 11 is 0. The van der Waals surface area contributed by atoms with E-state index < -0.39 is 0 Å². The van der Waals surface area contributed by atoms with Crippen LogP contribution < -0.4 is 4.90 Å². The maximum atomic E-state index is 2.51. The van der Waals surface area contributed by atoms with Gasteiger partial charge in [-0.3, -0.25) is 0 Å². The van der Waals surface area contributed by atoms with E-state index in [2.05, 4.69) is 191 Å². The Labute approximate surface area is 291 Å². The fraction of sp³-hybridized carbons (Fsp3) is 0.0417. The van der Waals surface area contributed by atoms with Crippen molar-refractivity contribution in [1.82, 2.24) is 4.57 Å². The molecule has 2 heteroatoms. The molecule has 1 aromatic heterocycles. The van der Waals surface area contributed by atoms with Gasteiger partial charge in [0.05, 0.1) is 22.4 Å². The van der Waals surface area contributed by atoms with Crippen LogP contribution in [0, 0.1) is 0 Å². The number of allylic oxidation sites excluding steroid dienone is 4. The molecule has 50 heavy (non-hydrogen) atoms. The lowest BCUT2D eigenvalue weighted by molar-refractivity contribution is 1.02. The highest BCUT2D eigenvalue weighted by Gasteiger charge is 2.24. The molecule has 2 nitrogen and oxygen atoms in total. The second-order valence-electron chi connectivity index (χ2n) is 13.2. The summed E-state index contributed by atoms with van der Waals surface area (Å²) in [5.74, 6) is 0. The van der Waals surface area contributed by atoms with Crippen LogP contribution in [0.3, 0.4) is 0 Å². The number of rotatable bonds is 5. The highest BCUT2D eigenvalue weighted by Crippen LogP contribution is 2.48. The van der Waals surface area contributed by atoms with E-state index in [0.717, 1.165) is 29.9 Å².